The topological polar surface area (TPSA) is 76.7 Å². The molecule has 1 aromatic rings. The summed E-state index contributed by atoms with van der Waals surface area (Å²) in [5, 5.41) is 0. The number of hydrogen-bond acceptors (Lipinski definition) is 4. The van der Waals surface area contributed by atoms with Gasteiger partial charge >= 0.3 is 0 Å². The quantitative estimate of drug-likeness (QED) is 0.810. The number of carbonyl (C=O) groups is 2. The second kappa shape index (κ2) is 7.52. The molecule has 0 radical (unpaired) electrons. The smallest absolute Gasteiger partial charge is 0.276 e. The lowest BCUT2D eigenvalue weighted by Gasteiger charge is -2.17. The highest BCUT2D eigenvalue weighted by Gasteiger charge is 2.16. The van der Waals surface area contributed by atoms with Gasteiger partial charge in [0.1, 0.15) is 11.5 Å². The third-order valence-corrected chi connectivity index (χ3v) is 2.46. The Morgan fingerprint density at radius 2 is 1.52 bits per heavy atom. The standard InChI is InChI=1S/C15H22N2O4/c1-15(2,3)9-13(18)16-17-14(19)10-21-12-7-5-11(20-4)6-8-12/h5-8H,9-10H2,1-4H3,(H,16,18)(H,17,19). The summed E-state index contributed by atoms with van der Waals surface area (Å²) in [4.78, 5) is 23.1. The molecule has 2 amide bonds. The fraction of sp³-hybridized carbons (Fsp3) is 0.467. The Balaban J connectivity index is 2.29. The van der Waals surface area contributed by atoms with Crippen molar-refractivity contribution >= 4 is 11.8 Å². The zero-order valence-electron chi connectivity index (χ0n) is 12.9. The van der Waals surface area contributed by atoms with Crippen LogP contribution in [0.1, 0.15) is 27.2 Å². The summed E-state index contributed by atoms with van der Waals surface area (Å²) in [6, 6.07) is 6.87. The van der Waals surface area contributed by atoms with Gasteiger partial charge in [0, 0.05) is 6.42 Å². The highest BCUT2D eigenvalue weighted by molar-refractivity contribution is 5.82. The van der Waals surface area contributed by atoms with Crippen LogP contribution < -0.4 is 20.3 Å². The third kappa shape index (κ3) is 7.20. The summed E-state index contributed by atoms with van der Waals surface area (Å²) >= 11 is 0. The molecule has 2 N–H and O–H groups in total. The fourth-order valence-electron chi connectivity index (χ4n) is 1.52. The van der Waals surface area contributed by atoms with Gasteiger partial charge in [0.2, 0.25) is 5.91 Å². The number of hydrogen-bond donors (Lipinski definition) is 2. The van der Waals surface area contributed by atoms with Gasteiger partial charge in [0.15, 0.2) is 6.61 Å². The van der Waals surface area contributed by atoms with Crippen LogP contribution in [0, 0.1) is 5.41 Å². The maximum absolute atomic E-state index is 11.5. The highest BCUT2D eigenvalue weighted by atomic mass is 16.5. The lowest BCUT2D eigenvalue weighted by molar-refractivity contribution is -0.130. The summed E-state index contributed by atoms with van der Waals surface area (Å²) in [5.41, 5.74) is 4.53. The molecule has 6 heteroatoms. The van der Waals surface area contributed by atoms with Crippen molar-refractivity contribution in [2.45, 2.75) is 27.2 Å². The van der Waals surface area contributed by atoms with Gasteiger partial charge < -0.3 is 9.47 Å². The van der Waals surface area contributed by atoms with Gasteiger partial charge in [-0.2, -0.15) is 0 Å². The van der Waals surface area contributed by atoms with Gasteiger partial charge in [-0.3, -0.25) is 20.4 Å². The van der Waals surface area contributed by atoms with Gasteiger partial charge in [-0.1, -0.05) is 20.8 Å². The van der Waals surface area contributed by atoms with E-state index in [-0.39, 0.29) is 17.9 Å². The second-order valence-corrected chi connectivity index (χ2v) is 5.80. The molecule has 0 heterocycles. The zero-order valence-corrected chi connectivity index (χ0v) is 12.9. The fourth-order valence-corrected chi connectivity index (χ4v) is 1.52. The molecular weight excluding hydrogens is 272 g/mol. The Bertz CT molecular complexity index is 477. The molecule has 0 unspecified atom stereocenters. The first-order valence-corrected chi connectivity index (χ1v) is 6.65. The average molecular weight is 294 g/mol. The average Bonchev–Trinajstić information content (AvgIpc) is 2.41. The van der Waals surface area contributed by atoms with Crippen LogP contribution in [0.15, 0.2) is 24.3 Å². The van der Waals surface area contributed by atoms with Crippen LogP contribution in [0.2, 0.25) is 0 Å². The number of ether oxygens (including phenoxy) is 2. The molecular formula is C15H22N2O4. The number of nitrogens with one attached hydrogen (secondary N) is 2. The van der Waals surface area contributed by atoms with Crippen molar-refractivity contribution in [1.29, 1.82) is 0 Å². The molecule has 0 spiro atoms. The molecule has 6 nitrogen and oxygen atoms in total. The van der Waals surface area contributed by atoms with Crippen molar-refractivity contribution in [2.24, 2.45) is 5.41 Å². The van der Waals surface area contributed by atoms with Gasteiger partial charge in [-0.05, 0) is 29.7 Å². The van der Waals surface area contributed by atoms with E-state index < -0.39 is 5.91 Å². The summed E-state index contributed by atoms with van der Waals surface area (Å²) in [6.07, 6.45) is 0.326. The Morgan fingerprint density at radius 3 is 2.05 bits per heavy atom. The van der Waals surface area contributed by atoms with Crippen molar-refractivity contribution < 1.29 is 19.1 Å². The normalized spacial score (nSPS) is 10.7. The number of methoxy groups -OCH3 is 1. The largest absolute Gasteiger partial charge is 0.497 e. The van der Waals surface area contributed by atoms with E-state index in [1.54, 1.807) is 31.4 Å². The monoisotopic (exact) mass is 294 g/mol. The van der Waals surface area contributed by atoms with Crippen molar-refractivity contribution in [1.82, 2.24) is 10.9 Å². The molecule has 0 atom stereocenters. The van der Waals surface area contributed by atoms with Crippen LogP contribution in [-0.4, -0.2) is 25.5 Å². The first-order chi connectivity index (χ1) is 9.80. The second-order valence-electron chi connectivity index (χ2n) is 5.80. The molecule has 0 aliphatic rings. The van der Waals surface area contributed by atoms with E-state index in [0.29, 0.717) is 17.9 Å². The predicted octanol–water partition coefficient (Wildman–Crippen LogP) is 1.66. The Kier molecular flexibility index (Phi) is 6.02. The molecule has 0 bridgehead atoms. The van der Waals surface area contributed by atoms with E-state index in [0.717, 1.165) is 0 Å². The van der Waals surface area contributed by atoms with Crippen molar-refractivity contribution in [3.8, 4) is 11.5 Å². The number of amides is 2. The van der Waals surface area contributed by atoms with Crippen LogP contribution >= 0.6 is 0 Å². The number of hydrazine groups is 1. The first kappa shape index (κ1) is 16.8. The minimum atomic E-state index is -0.423. The minimum Gasteiger partial charge on any atom is -0.497 e. The molecule has 0 fully saturated rings. The number of carbonyl (C=O) groups excluding carboxylic acids is 2. The van der Waals surface area contributed by atoms with Gasteiger partial charge in [-0.15, -0.1) is 0 Å². The van der Waals surface area contributed by atoms with E-state index in [2.05, 4.69) is 10.9 Å². The van der Waals surface area contributed by atoms with Gasteiger partial charge in [0.25, 0.3) is 5.91 Å². The summed E-state index contributed by atoms with van der Waals surface area (Å²) in [7, 11) is 1.57. The number of benzene rings is 1. The lowest BCUT2D eigenvalue weighted by Crippen LogP contribution is -2.44. The Hall–Kier alpha value is -2.24. The van der Waals surface area contributed by atoms with Crippen LogP contribution in [-0.2, 0) is 9.59 Å². The number of rotatable bonds is 5. The van der Waals surface area contributed by atoms with Crippen LogP contribution in [0.25, 0.3) is 0 Å². The molecule has 116 valence electrons. The van der Waals surface area contributed by atoms with Crippen molar-refractivity contribution in [2.75, 3.05) is 13.7 Å². The van der Waals surface area contributed by atoms with Gasteiger partial charge in [-0.25, -0.2) is 0 Å². The summed E-state index contributed by atoms with van der Waals surface area (Å²) < 4.78 is 10.3. The zero-order chi connectivity index (χ0) is 15.9. The van der Waals surface area contributed by atoms with Gasteiger partial charge in [0.05, 0.1) is 7.11 Å². The SMILES string of the molecule is COc1ccc(OCC(=O)NNC(=O)CC(C)(C)C)cc1. The van der Waals surface area contributed by atoms with E-state index in [1.807, 2.05) is 20.8 Å². The van der Waals surface area contributed by atoms with Crippen LogP contribution in [0.4, 0.5) is 0 Å². The Morgan fingerprint density at radius 1 is 1.00 bits per heavy atom. The first-order valence-electron chi connectivity index (χ1n) is 6.65. The summed E-state index contributed by atoms with van der Waals surface area (Å²) in [5.74, 6) is 0.599. The molecule has 1 rings (SSSR count). The van der Waals surface area contributed by atoms with Crippen molar-refractivity contribution in [3.05, 3.63) is 24.3 Å². The molecule has 0 aliphatic carbocycles. The highest BCUT2D eigenvalue weighted by Crippen LogP contribution is 2.18. The van der Waals surface area contributed by atoms with Crippen LogP contribution in [0.5, 0.6) is 11.5 Å². The van der Waals surface area contributed by atoms with E-state index in [1.165, 1.54) is 0 Å². The maximum Gasteiger partial charge on any atom is 0.276 e. The summed E-state index contributed by atoms with van der Waals surface area (Å²) in [6.45, 7) is 5.66. The molecule has 21 heavy (non-hydrogen) atoms. The minimum absolute atomic E-state index is 0.131. The van der Waals surface area contributed by atoms with Crippen LogP contribution in [0.3, 0.4) is 0 Å². The molecule has 0 saturated heterocycles. The molecule has 1 aromatic carbocycles. The lowest BCUT2D eigenvalue weighted by atomic mass is 9.92. The molecule has 0 aliphatic heterocycles. The Labute approximate surface area is 124 Å². The predicted molar refractivity (Wildman–Crippen MR) is 78.8 cm³/mol. The van der Waals surface area contributed by atoms with E-state index in [4.69, 9.17) is 9.47 Å². The molecule has 0 saturated carbocycles. The van der Waals surface area contributed by atoms with Crippen molar-refractivity contribution in [3.63, 3.8) is 0 Å². The maximum atomic E-state index is 11.5. The third-order valence-electron chi connectivity index (χ3n) is 2.46. The molecule has 0 aromatic heterocycles. The van der Waals surface area contributed by atoms with E-state index >= 15 is 0 Å². The van der Waals surface area contributed by atoms with E-state index in [9.17, 15) is 9.59 Å².